The van der Waals surface area contributed by atoms with Crippen molar-refractivity contribution in [3.05, 3.63) is 29.8 Å². The SMILES string of the molecule is CN=C(NCCCCSC)NCC(c1ccc(OC)cc1)N1CCCC1. The first-order valence-electron chi connectivity index (χ1n) is 9.60. The molecule has 1 heterocycles. The summed E-state index contributed by atoms with van der Waals surface area (Å²) in [7, 11) is 3.55. The first-order valence-corrected chi connectivity index (χ1v) is 11.0. The van der Waals surface area contributed by atoms with E-state index >= 15 is 0 Å². The average molecular weight is 379 g/mol. The van der Waals surface area contributed by atoms with E-state index in [2.05, 4.69) is 51.0 Å². The highest BCUT2D eigenvalue weighted by molar-refractivity contribution is 7.98. The van der Waals surface area contributed by atoms with Gasteiger partial charge in [-0.2, -0.15) is 11.8 Å². The molecule has 1 aromatic rings. The lowest BCUT2D eigenvalue weighted by molar-refractivity contribution is 0.245. The molecule has 5 nitrogen and oxygen atoms in total. The number of nitrogens with one attached hydrogen (secondary N) is 2. The Kier molecular flexibility index (Phi) is 9.71. The van der Waals surface area contributed by atoms with E-state index in [4.69, 9.17) is 4.74 Å². The maximum absolute atomic E-state index is 5.30. The molecule has 1 saturated heterocycles. The van der Waals surface area contributed by atoms with Crippen molar-refractivity contribution in [3.63, 3.8) is 0 Å². The van der Waals surface area contributed by atoms with Gasteiger partial charge in [-0.05, 0) is 68.5 Å². The minimum Gasteiger partial charge on any atom is -0.497 e. The third kappa shape index (κ3) is 6.72. The average Bonchev–Trinajstić information content (AvgIpc) is 3.21. The number of unbranched alkanes of at least 4 members (excludes halogenated alkanes) is 1. The molecule has 0 aliphatic carbocycles. The molecule has 0 bridgehead atoms. The lowest BCUT2D eigenvalue weighted by Gasteiger charge is -2.29. The lowest BCUT2D eigenvalue weighted by Crippen LogP contribution is -2.43. The molecular formula is C20H34N4OS. The zero-order valence-corrected chi connectivity index (χ0v) is 17.3. The third-order valence-corrected chi connectivity index (χ3v) is 5.53. The van der Waals surface area contributed by atoms with Crippen LogP contribution in [-0.4, -0.2) is 63.2 Å². The maximum atomic E-state index is 5.30. The quantitative estimate of drug-likeness (QED) is 0.372. The summed E-state index contributed by atoms with van der Waals surface area (Å²) in [5, 5.41) is 6.96. The fourth-order valence-corrected chi connectivity index (χ4v) is 3.82. The Hall–Kier alpha value is -1.40. The first-order chi connectivity index (χ1) is 12.8. The van der Waals surface area contributed by atoms with Crippen molar-refractivity contribution in [2.24, 2.45) is 4.99 Å². The number of likely N-dealkylation sites (tertiary alicyclic amines) is 1. The number of methoxy groups -OCH3 is 1. The Morgan fingerprint density at radius 1 is 1.19 bits per heavy atom. The van der Waals surface area contributed by atoms with Crippen LogP contribution in [-0.2, 0) is 0 Å². The number of guanidine groups is 1. The Morgan fingerprint density at radius 2 is 1.92 bits per heavy atom. The van der Waals surface area contributed by atoms with Crippen molar-refractivity contribution in [2.45, 2.75) is 31.7 Å². The highest BCUT2D eigenvalue weighted by atomic mass is 32.2. The molecule has 0 saturated carbocycles. The second-order valence-corrected chi connectivity index (χ2v) is 7.60. The summed E-state index contributed by atoms with van der Waals surface area (Å²) >= 11 is 1.91. The Bertz CT molecular complexity index is 529. The van der Waals surface area contributed by atoms with Gasteiger partial charge in [-0.15, -0.1) is 0 Å². The van der Waals surface area contributed by atoms with Gasteiger partial charge in [0.1, 0.15) is 5.75 Å². The zero-order chi connectivity index (χ0) is 18.6. The predicted molar refractivity (Wildman–Crippen MR) is 114 cm³/mol. The standard InChI is InChI=1S/C20H34N4OS/c1-21-20(22-12-4-7-15-26-3)23-16-19(24-13-5-6-14-24)17-8-10-18(25-2)11-9-17/h8-11,19H,4-7,12-16H2,1-3H3,(H2,21,22,23). The summed E-state index contributed by atoms with van der Waals surface area (Å²) in [5.74, 6) is 3.03. The minimum atomic E-state index is 0.360. The summed E-state index contributed by atoms with van der Waals surface area (Å²) in [5.41, 5.74) is 1.33. The molecule has 1 unspecified atom stereocenters. The van der Waals surface area contributed by atoms with E-state index < -0.39 is 0 Å². The molecule has 2 rings (SSSR count). The van der Waals surface area contributed by atoms with Gasteiger partial charge in [0, 0.05) is 20.1 Å². The van der Waals surface area contributed by atoms with E-state index in [1.165, 1.54) is 50.1 Å². The Balaban J connectivity index is 1.91. The van der Waals surface area contributed by atoms with Crippen LogP contribution in [0.15, 0.2) is 29.3 Å². The van der Waals surface area contributed by atoms with E-state index in [9.17, 15) is 0 Å². The number of hydrogen-bond acceptors (Lipinski definition) is 4. The molecule has 1 aliphatic heterocycles. The van der Waals surface area contributed by atoms with Gasteiger partial charge in [0.15, 0.2) is 5.96 Å². The topological polar surface area (TPSA) is 48.9 Å². The number of hydrogen-bond donors (Lipinski definition) is 2. The van der Waals surface area contributed by atoms with Crippen molar-refractivity contribution < 1.29 is 4.74 Å². The van der Waals surface area contributed by atoms with Crippen LogP contribution in [0.4, 0.5) is 0 Å². The van der Waals surface area contributed by atoms with Crippen LogP contribution in [0.25, 0.3) is 0 Å². The molecule has 2 N–H and O–H groups in total. The van der Waals surface area contributed by atoms with Crippen molar-refractivity contribution in [3.8, 4) is 5.75 Å². The van der Waals surface area contributed by atoms with Gasteiger partial charge >= 0.3 is 0 Å². The van der Waals surface area contributed by atoms with Crippen LogP contribution < -0.4 is 15.4 Å². The number of benzene rings is 1. The zero-order valence-electron chi connectivity index (χ0n) is 16.5. The molecule has 1 atom stereocenters. The number of thioether (sulfide) groups is 1. The van der Waals surface area contributed by atoms with Gasteiger partial charge < -0.3 is 15.4 Å². The van der Waals surface area contributed by atoms with Gasteiger partial charge in [0.25, 0.3) is 0 Å². The number of rotatable bonds is 10. The second kappa shape index (κ2) is 12.1. The van der Waals surface area contributed by atoms with E-state index in [0.29, 0.717) is 6.04 Å². The van der Waals surface area contributed by atoms with Gasteiger partial charge in [-0.25, -0.2) is 0 Å². The smallest absolute Gasteiger partial charge is 0.191 e. The van der Waals surface area contributed by atoms with Gasteiger partial charge in [0.2, 0.25) is 0 Å². The fraction of sp³-hybridized carbons (Fsp3) is 0.650. The molecule has 0 spiro atoms. The fourth-order valence-electron chi connectivity index (χ4n) is 3.33. The van der Waals surface area contributed by atoms with E-state index in [0.717, 1.165) is 24.8 Å². The predicted octanol–water partition coefficient (Wildman–Crippen LogP) is 3.14. The molecule has 0 radical (unpaired) electrons. The van der Waals surface area contributed by atoms with E-state index in [-0.39, 0.29) is 0 Å². The monoisotopic (exact) mass is 378 g/mol. The van der Waals surface area contributed by atoms with Crippen LogP contribution in [0.3, 0.4) is 0 Å². The summed E-state index contributed by atoms with van der Waals surface area (Å²) in [4.78, 5) is 6.95. The Labute approximate surface area is 163 Å². The molecule has 0 amide bonds. The summed E-state index contributed by atoms with van der Waals surface area (Å²) in [6.45, 7) is 4.16. The molecule has 1 aromatic carbocycles. The van der Waals surface area contributed by atoms with Crippen LogP contribution in [0.1, 0.15) is 37.3 Å². The van der Waals surface area contributed by atoms with Crippen molar-refractivity contribution >= 4 is 17.7 Å². The van der Waals surface area contributed by atoms with Crippen LogP contribution >= 0.6 is 11.8 Å². The molecule has 6 heteroatoms. The first kappa shape index (κ1) is 20.9. The summed E-state index contributed by atoms with van der Waals surface area (Å²) < 4.78 is 5.30. The summed E-state index contributed by atoms with van der Waals surface area (Å²) in [6, 6.07) is 8.83. The van der Waals surface area contributed by atoms with Crippen LogP contribution in [0.5, 0.6) is 5.75 Å². The normalized spacial score (nSPS) is 16.5. The second-order valence-electron chi connectivity index (χ2n) is 6.61. The number of ether oxygens (including phenoxy) is 1. The molecule has 1 fully saturated rings. The minimum absolute atomic E-state index is 0.360. The van der Waals surface area contributed by atoms with Crippen LogP contribution in [0.2, 0.25) is 0 Å². The highest BCUT2D eigenvalue weighted by Crippen LogP contribution is 2.26. The third-order valence-electron chi connectivity index (χ3n) is 4.84. The van der Waals surface area contributed by atoms with Crippen molar-refractivity contribution in [2.75, 3.05) is 52.3 Å². The Morgan fingerprint density at radius 3 is 2.54 bits per heavy atom. The van der Waals surface area contributed by atoms with Crippen LogP contribution in [0, 0.1) is 0 Å². The molecular weight excluding hydrogens is 344 g/mol. The summed E-state index contributed by atoms with van der Waals surface area (Å²) in [6.07, 6.45) is 7.15. The molecule has 146 valence electrons. The van der Waals surface area contributed by atoms with Gasteiger partial charge in [-0.1, -0.05) is 12.1 Å². The van der Waals surface area contributed by atoms with Crippen molar-refractivity contribution in [1.29, 1.82) is 0 Å². The number of aliphatic imine (C=N–C) groups is 1. The molecule has 0 aromatic heterocycles. The van der Waals surface area contributed by atoms with Crippen molar-refractivity contribution in [1.82, 2.24) is 15.5 Å². The van der Waals surface area contributed by atoms with E-state index in [1.54, 1.807) is 7.11 Å². The van der Waals surface area contributed by atoms with Gasteiger partial charge in [0.05, 0.1) is 13.2 Å². The number of nitrogens with zero attached hydrogens (tertiary/aromatic N) is 2. The van der Waals surface area contributed by atoms with E-state index in [1.807, 2.05) is 18.8 Å². The largest absolute Gasteiger partial charge is 0.497 e. The maximum Gasteiger partial charge on any atom is 0.191 e. The highest BCUT2D eigenvalue weighted by Gasteiger charge is 2.23. The molecule has 1 aliphatic rings. The van der Waals surface area contributed by atoms with Gasteiger partial charge in [-0.3, -0.25) is 9.89 Å². The molecule has 26 heavy (non-hydrogen) atoms. The lowest BCUT2D eigenvalue weighted by atomic mass is 10.1.